The van der Waals surface area contributed by atoms with Gasteiger partial charge in [0.15, 0.2) is 0 Å². The number of aromatic nitrogens is 3. The van der Waals surface area contributed by atoms with E-state index in [1.165, 1.54) is 0 Å². The molecule has 0 bridgehead atoms. The summed E-state index contributed by atoms with van der Waals surface area (Å²) < 4.78 is 5.07. The van der Waals surface area contributed by atoms with Crippen LogP contribution in [0.2, 0.25) is 0 Å². The lowest BCUT2D eigenvalue weighted by atomic mass is 9.95. The zero-order chi connectivity index (χ0) is 22.0. The molecule has 8 heteroatoms. The van der Waals surface area contributed by atoms with Crippen molar-refractivity contribution in [3.63, 3.8) is 0 Å². The number of aliphatic hydroxyl groups excluding tert-OH is 1. The highest BCUT2D eigenvalue weighted by Crippen LogP contribution is 2.28. The van der Waals surface area contributed by atoms with Crippen LogP contribution in [0.25, 0.3) is 11.3 Å². The molecule has 1 unspecified atom stereocenters. The van der Waals surface area contributed by atoms with Gasteiger partial charge in [0.25, 0.3) is 0 Å². The lowest BCUT2D eigenvalue weighted by Crippen LogP contribution is -2.23. The second kappa shape index (κ2) is 8.60. The third kappa shape index (κ3) is 4.14. The first-order valence-corrected chi connectivity index (χ1v) is 9.84. The Bertz CT molecular complexity index is 1190. The Morgan fingerprint density at radius 1 is 1.23 bits per heavy atom. The Balaban J connectivity index is 1.37. The lowest BCUT2D eigenvalue weighted by Gasteiger charge is -2.16. The molecule has 0 saturated heterocycles. The Kier molecular flexibility index (Phi) is 5.71. The summed E-state index contributed by atoms with van der Waals surface area (Å²) in [6.07, 6.45) is 4.20. The van der Waals surface area contributed by atoms with Crippen LogP contribution in [0.4, 0.5) is 0 Å². The van der Waals surface area contributed by atoms with Crippen molar-refractivity contribution in [3.8, 4) is 17.3 Å². The monoisotopic (exact) mass is 415 g/mol. The van der Waals surface area contributed by atoms with Crippen LogP contribution in [0.1, 0.15) is 50.1 Å². The molecule has 3 heterocycles. The first-order chi connectivity index (χ1) is 15.0. The molecule has 0 radical (unpaired) electrons. The Morgan fingerprint density at radius 2 is 2.00 bits per heavy atom. The first-order valence-electron chi connectivity index (χ1n) is 9.84. The van der Waals surface area contributed by atoms with Gasteiger partial charge in [0.2, 0.25) is 0 Å². The van der Waals surface area contributed by atoms with E-state index in [1.54, 1.807) is 30.7 Å². The fourth-order valence-corrected chi connectivity index (χ4v) is 3.57. The van der Waals surface area contributed by atoms with Gasteiger partial charge in [-0.25, -0.2) is 14.8 Å². The number of cyclic esters (lactones) is 1. The van der Waals surface area contributed by atoms with E-state index in [-0.39, 0.29) is 12.6 Å². The summed E-state index contributed by atoms with van der Waals surface area (Å²) in [7, 11) is 0. The number of aliphatic hydroxyl groups is 1. The number of nitriles is 1. The van der Waals surface area contributed by atoms with Crippen LogP contribution < -0.4 is 5.32 Å². The molecule has 1 atom stereocenters. The zero-order valence-electron chi connectivity index (χ0n) is 17.2. The van der Waals surface area contributed by atoms with Gasteiger partial charge in [-0.3, -0.25) is 4.98 Å². The highest BCUT2D eigenvalue weighted by atomic mass is 16.5. The number of hydrogen-bond acceptors (Lipinski definition) is 8. The average molecular weight is 415 g/mol. The summed E-state index contributed by atoms with van der Waals surface area (Å²) in [4.78, 5) is 24.7. The molecule has 156 valence electrons. The van der Waals surface area contributed by atoms with Crippen LogP contribution in [0.5, 0.6) is 0 Å². The van der Waals surface area contributed by atoms with Gasteiger partial charge in [-0.05, 0) is 42.7 Å². The van der Waals surface area contributed by atoms with Crippen molar-refractivity contribution in [3.05, 3.63) is 76.0 Å². The molecule has 2 aromatic heterocycles. The van der Waals surface area contributed by atoms with Crippen LogP contribution >= 0.6 is 0 Å². The molecule has 2 N–H and O–H groups in total. The summed E-state index contributed by atoms with van der Waals surface area (Å²) >= 11 is 0. The molecule has 3 aromatic rings. The van der Waals surface area contributed by atoms with E-state index in [0.29, 0.717) is 35.7 Å². The number of carbonyl (C=O) groups excluding carboxylic acids is 1. The van der Waals surface area contributed by atoms with Crippen molar-refractivity contribution in [2.24, 2.45) is 0 Å². The summed E-state index contributed by atoms with van der Waals surface area (Å²) in [6.45, 7) is 4.71. The number of pyridine rings is 1. The Labute approximate surface area is 179 Å². The van der Waals surface area contributed by atoms with Gasteiger partial charge in [0.1, 0.15) is 18.5 Å². The molecule has 0 aliphatic carbocycles. The largest absolute Gasteiger partial charge is 0.457 e. The number of hydrogen-bond donors (Lipinski definition) is 2. The fourth-order valence-electron chi connectivity index (χ4n) is 3.57. The minimum absolute atomic E-state index is 0.252. The van der Waals surface area contributed by atoms with Gasteiger partial charge in [-0.2, -0.15) is 5.26 Å². The van der Waals surface area contributed by atoms with Crippen LogP contribution in [0.3, 0.4) is 0 Å². The quantitative estimate of drug-likeness (QED) is 0.589. The molecule has 0 spiro atoms. The number of benzene rings is 1. The number of ether oxygens (including phenoxy) is 1. The number of nitrogens with zero attached hydrogens (tertiary/aromatic N) is 4. The number of carbonyl (C=O) groups is 1. The topological polar surface area (TPSA) is 121 Å². The van der Waals surface area contributed by atoms with E-state index in [2.05, 4.69) is 26.3 Å². The summed E-state index contributed by atoms with van der Waals surface area (Å²) in [5.41, 5.74) is 5.93. The number of rotatable bonds is 6. The number of aryl methyl sites for hydroxylation is 1. The van der Waals surface area contributed by atoms with Gasteiger partial charge >= 0.3 is 5.97 Å². The summed E-state index contributed by atoms with van der Waals surface area (Å²) in [6, 6.07) is 7.41. The van der Waals surface area contributed by atoms with Gasteiger partial charge in [-0.1, -0.05) is 6.07 Å². The second-order valence-electron chi connectivity index (χ2n) is 7.41. The summed E-state index contributed by atoms with van der Waals surface area (Å²) in [5.74, 6) is 0.273. The molecule has 4 rings (SSSR count). The van der Waals surface area contributed by atoms with Crippen molar-refractivity contribution in [1.29, 1.82) is 5.26 Å². The van der Waals surface area contributed by atoms with E-state index < -0.39 is 6.10 Å². The molecule has 0 saturated carbocycles. The maximum atomic E-state index is 11.7. The Hall–Kier alpha value is -3.67. The minimum atomic E-state index is -0.730. The third-order valence-electron chi connectivity index (χ3n) is 5.42. The van der Waals surface area contributed by atoms with E-state index in [9.17, 15) is 9.90 Å². The zero-order valence-corrected chi connectivity index (χ0v) is 17.2. The molecule has 1 aliphatic heterocycles. The third-order valence-corrected chi connectivity index (χ3v) is 5.42. The van der Waals surface area contributed by atoms with Gasteiger partial charge in [0.05, 0.1) is 29.5 Å². The van der Waals surface area contributed by atoms with Gasteiger partial charge in [-0.15, -0.1) is 0 Å². The van der Waals surface area contributed by atoms with Crippen LogP contribution in [0, 0.1) is 25.2 Å². The fraction of sp³-hybridized carbons (Fsp3) is 0.261. The van der Waals surface area contributed by atoms with E-state index in [4.69, 9.17) is 10.00 Å². The number of nitrogens with one attached hydrogen (secondary N) is 1. The Morgan fingerprint density at radius 3 is 2.71 bits per heavy atom. The van der Waals surface area contributed by atoms with Crippen molar-refractivity contribution in [2.45, 2.75) is 33.1 Å². The standard InChI is InChI=1S/C23H21N5O3/c1-13-5-20(26-7-15(13)6-24)16-8-27-22(28-9-16)11-25-10-21(29)17-3-4-18-19(14(17)2)12-31-23(18)30/h3-5,7-9,21,25,29H,10-12H2,1-2H3. The minimum Gasteiger partial charge on any atom is -0.457 e. The predicted molar refractivity (Wildman–Crippen MR) is 112 cm³/mol. The van der Waals surface area contributed by atoms with Crippen LogP contribution in [-0.2, 0) is 17.9 Å². The van der Waals surface area contributed by atoms with Crippen LogP contribution in [0.15, 0.2) is 36.8 Å². The molecule has 0 fully saturated rings. The number of fused-ring (bicyclic) bond motifs is 1. The first kappa shape index (κ1) is 20.6. The van der Waals surface area contributed by atoms with E-state index in [0.717, 1.165) is 27.8 Å². The van der Waals surface area contributed by atoms with Crippen LogP contribution in [-0.4, -0.2) is 32.6 Å². The molecule has 8 nitrogen and oxygen atoms in total. The maximum Gasteiger partial charge on any atom is 0.338 e. The average Bonchev–Trinajstić information content (AvgIpc) is 3.16. The van der Waals surface area contributed by atoms with E-state index >= 15 is 0 Å². The number of esters is 1. The smallest absolute Gasteiger partial charge is 0.338 e. The lowest BCUT2D eigenvalue weighted by molar-refractivity contribution is 0.0535. The highest BCUT2D eigenvalue weighted by molar-refractivity contribution is 5.93. The normalized spacial score (nSPS) is 13.4. The predicted octanol–water partition coefficient (Wildman–Crippen LogP) is 2.52. The molecule has 31 heavy (non-hydrogen) atoms. The van der Waals surface area contributed by atoms with Crippen molar-refractivity contribution in [2.75, 3.05) is 6.54 Å². The van der Waals surface area contributed by atoms with E-state index in [1.807, 2.05) is 19.9 Å². The molecule has 1 aromatic carbocycles. The molecule has 1 aliphatic rings. The SMILES string of the molecule is Cc1cc(-c2cnc(CNCC(O)c3ccc4c(c3C)COC4=O)nc2)ncc1C#N. The second-order valence-corrected chi connectivity index (χ2v) is 7.41. The van der Waals surface area contributed by atoms with Gasteiger partial charge < -0.3 is 15.2 Å². The molecular weight excluding hydrogens is 394 g/mol. The summed E-state index contributed by atoms with van der Waals surface area (Å²) in [5, 5.41) is 22.8. The van der Waals surface area contributed by atoms with Crippen molar-refractivity contribution in [1.82, 2.24) is 20.3 Å². The molecule has 0 amide bonds. The maximum absolute atomic E-state index is 11.7. The van der Waals surface area contributed by atoms with Gasteiger partial charge in [0, 0.05) is 36.3 Å². The molecular formula is C23H21N5O3. The van der Waals surface area contributed by atoms with Crippen molar-refractivity contribution >= 4 is 5.97 Å². The highest BCUT2D eigenvalue weighted by Gasteiger charge is 2.25. The van der Waals surface area contributed by atoms with Crippen molar-refractivity contribution < 1.29 is 14.6 Å².